The summed E-state index contributed by atoms with van der Waals surface area (Å²) in [6.45, 7) is -6.16. The summed E-state index contributed by atoms with van der Waals surface area (Å²) in [7, 11) is 0. The highest BCUT2D eigenvalue weighted by atomic mass is 19.1. The predicted octanol–water partition coefficient (Wildman–Crippen LogP) is 16.0. The van der Waals surface area contributed by atoms with Crippen LogP contribution >= 0.6 is 0 Å². The summed E-state index contributed by atoms with van der Waals surface area (Å²) in [5.41, 5.74) is 2.51. The molecule has 0 radical (unpaired) electrons. The Morgan fingerprint density at radius 3 is 1.41 bits per heavy atom. The fourth-order valence-electron chi connectivity index (χ4n) is 7.93. The number of pyridine rings is 3. The van der Waals surface area contributed by atoms with Crippen molar-refractivity contribution < 1.29 is 29.3 Å². The summed E-state index contributed by atoms with van der Waals surface area (Å²) in [5.74, 6) is -1.15. The summed E-state index contributed by atoms with van der Waals surface area (Å²) in [5, 5.41) is 0. The molecule has 0 saturated heterocycles. The number of hydrogen-bond acceptors (Lipinski definition) is 3. The van der Waals surface area contributed by atoms with Gasteiger partial charge in [-0.3, -0.25) is 15.0 Å². The Balaban J connectivity index is 1.20. The lowest BCUT2D eigenvalue weighted by atomic mass is 9.87. The molecule has 0 fully saturated rings. The summed E-state index contributed by atoms with van der Waals surface area (Å²) >= 11 is 0. The van der Waals surface area contributed by atoms with Gasteiger partial charge in [0.25, 0.3) is 0 Å². The highest BCUT2D eigenvalue weighted by Gasteiger charge is 2.17. The van der Waals surface area contributed by atoms with Crippen molar-refractivity contribution >= 4 is 0 Å². The van der Waals surface area contributed by atoms with E-state index in [9.17, 15) is 19.7 Å². The van der Waals surface area contributed by atoms with E-state index in [1.807, 2.05) is 91.0 Å². The molecule has 0 atom stereocenters. The van der Waals surface area contributed by atoms with Crippen molar-refractivity contribution in [3.63, 3.8) is 0 Å². The molecule has 7 aromatic carbocycles. The zero-order valence-electron chi connectivity index (χ0n) is 51.2. The number of aromatic nitrogens is 3. The second kappa shape index (κ2) is 19.8. The van der Waals surface area contributed by atoms with E-state index in [4.69, 9.17) is 14.6 Å². The molecule has 0 saturated carbocycles. The third kappa shape index (κ3) is 9.84. The van der Waals surface area contributed by atoms with Gasteiger partial charge in [0.15, 0.2) is 0 Å². The fraction of sp³-hybridized carbons (Fsp3) is 0.0952. The van der Waals surface area contributed by atoms with Crippen molar-refractivity contribution in [3.05, 3.63) is 258 Å². The van der Waals surface area contributed by atoms with Crippen LogP contribution in [0.15, 0.2) is 213 Å². The molecule has 330 valence electrons. The van der Waals surface area contributed by atoms with Crippen LogP contribution in [0, 0.1) is 25.3 Å². The Bertz CT molecular complexity index is 3880. The van der Waals surface area contributed by atoms with Gasteiger partial charge in [-0.05, 0) is 178 Å². The molecule has 5 heteroatoms. The zero-order valence-corrected chi connectivity index (χ0v) is 36.2. The highest BCUT2D eigenvalue weighted by molar-refractivity contribution is 5.93. The Kier molecular flexibility index (Phi) is 8.56. The topological polar surface area (TPSA) is 38.7 Å². The van der Waals surface area contributed by atoms with Gasteiger partial charge in [0.05, 0.1) is 18.5 Å². The molecule has 0 N–H and O–H groups in total. The normalized spacial score (nSPS) is 15.6. The Morgan fingerprint density at radius 2 is 0.853 bits per heavy atom. The van der Waals surface area contributed by atoms with Gasteiger partial charge in [0.2, 0.25) is 0 Å². The first-order valence-corrected chi connectivity index (χ1v) is 21.7. The molecule has 0 amide bonds. The molecule has 3 heterocycles. The second-order valence-corrected chi connectivity index (χ2v) is 15.9. The van der Waals surface area contributed by atoms with Gasteiger partial charge in [-0.2, -0.15) is 0 Å². The maximum Gasteiger partial charge on any atom is 0.123 e. The van der Waals surface area contributed by atoms with E-state index >= 15 is 0 Å². The van der Waals surface area contributed by atoms with Crippen LogP contribution < -0.4 is 0 Å². The van der Waals surface area contributed by atoms with Crippen molar-refractivity contribution in [1.82, 2.24) is 15.0 Å². The number of hydrogen-bond donors (Lipinski definition) is 0. The molecule has 0 aliphatic heterocycles. The SMILES string of the molecule is [2H]c1ccc(-c2cnc(-c3ccccc3)cc2-c2ccc(-c3ccccc3)cc2)c(-c2cc(C([2H])([2H])C([2H])([2H])c3cnc(-c4ccc(F)cc4)cc3C([2H])([2H])[2H])cc(C([2H])([2H])C([2H])([2H])c3cnc(-c4ccc(F)cc4)cc3C([2H])([2H])[2H])c2)c1. The predicted molar refractivity (Wildman–Crippen MR) is 275 cm³/mol. The molecular weight excluding hydrogens is 837 g/mol. The molecule has 3 aromatic heterocycles. The molecule has 0 bridgehead atoms. The summed E-state index contributed by atoms with van der Waals surface area (Å²) < 4.78 is 166. The smallest absolute Gasteiger partial charge is 0.123 e. The molecule has 0 aliphatic carbocycles. The summed E-state index contributed by atoms with van der Waals surface area (Å²) in [6, 6.07) is 49.0. The molecule has 3 nitrogen and oxygen atoms in total. The van der Waals surface area contributed by atoms with E-state index in [1.165, 1.54) is 48.5 Å². The fourth-order valence-corrected chi connectivity index (χ4v) is 7.93. The van der Waals surface area contributed by atoms with Crippen LogP contribution in [0.25, 0.3) is 78.3 Å². The van der Waals surface area contributed by atoms with Crippen LogP contribution in [0.3, 0.4) is 0 Å². The molecule has 0 spiro atoms. The van der Waals surface area contributed by atoms with E-state index in [-0.39, 0.29) is 39.7 Å². The maximum absolute atomic E-state index is 14.0. The minimum Gasteiger partial charge on any atom is -0.256 e. The third-order valence-corrected chi connectivity index (χ3v) is 11.4. The number of aryl methyl sites for hydroxylation is 6. The van der Waals surface area contributed by atoms with Crippen LogP contribution in [-0.2, 0) is 25.5 Å². The first kappa shape index (κ1) is 29.5. The first-order valence-electron chi connectivity index (χ1n) is 29.2. The van der Waals surface area contributed by atoms with E-state index in [0.29, 0.717) is 22.4 Å². The summed E-state index contributed by atoms with van der Waals surface area (Å²) in [6.07, 6.45) is -9.93. The van der Waals surface area contributed by atoms with Crippen LogP contribution in [0.1, 0.15) is 53.9 Å². The highest BCUT2D eigenvalue weighted by Crippen LogP contribution is 2.41. The molecule has 10 aromatic rings. The van der Waals surface area contributed by atoms with Crippen molar-refractivity contribution in [2.75, 3.05) is 0 Å². The van der Waals surface area contributed by atoms with Crippen molar-refractivity contribution in [3.8, 4) is 78.3 Å². The van der Waals surface area contributed by atoms with Crippen LogP contribution in [0.4, 0.5) is 8.78 Å². The van der Waals surface area contributed by atoms with Gasteiger partial charge < -0.3 is 0 Å². The van der Waals surface area contributed by atoms with Gasteiger partial charge in [-0.15, -0.1) is 0 Å². The molecular formula is C63H49F2N3. The van der Waals surface area contributed by atoms with Crippen molar-refractivity contribution in [1.29, 1.82) is 0 Å². The van der Waals surface area contributed by atoms with Crippen molar-refractivity contribution in [2.24, 2.45) is 0 Å². The van der Waals surface area contributed by atoms with Gasteiger partial charge >= 0.3 is 0 Å². The Labute approximate surface area is 418 Å². The Morgan fingerprint density at radius 1 is 0.382 bits per heavy atom. The van der Waals surface area contributed by atoms with Gasteiger partial charge in [0.1, 0.15) is 11.6 Å². The Hall–Kier alpha value is -8.15. The monoisotopic (exact) mass is 900 g/mol. The first-order chi connectivity index (χ1) is 39.1. The molecule has 0 aliphatic rings. The lowest BCUT2D eigenvalue weighted by Crippen LogP contribution is -2.01. The maximum atomic E-state index is 14.0. The standard InChI is InChI=1S/C63H49F2N3/c1-42-33-61(50-25-29-55(64)30-26-50)66-39-52(42)19-17-44-35-45(18-20-53-40-67-62(34-43(53)2)51-27-31-56(65)32-28-51)37-54(36-44)57-15-9-10-16-58(57)60-41-68-63(49-13-7-4-8-14-49)38-59(60)48-23-21-47(22-24-48)46-11-5-3-6-12-46/h3-16,21-41H,17-20H2,1-2H3/i1D3,2D3,9D,17D2,18D2,19D2,20D2. The van der Waals surface area contributed by atoms with Gasteiger partial charge in [-0.1, -0.05) is 127 Å². The number of rotatable bonds is 13. The number of benzene rings is 7. The molecule has 10 rings (SSSR count). The number of halogens is 2. The van der Waals surface area contributed by atoms with Gasteiger partial charge in [0, 0.05) is 60.0 Å². The molecule has 0 unspecified atom stereocenters. The van der Waals surface area contributed by atoms with E-state index < -0.39 is 84.2 Å². The minimum absolute atomic E-state index is 0.0214. The van der Waals surface area contributed by atoms with Crippen LogP contribution in [0.2, 0.25) is 0 Å². The lowest BCUT2D eigenvalue weighted by molar-refractivity contribution is 0.627. The lowest BCUT2D eigenvalue weighted by Gasteiger charge is -2.18. The van der Waals surface area contributed by atoms with E-state index in [1.54, 1.807) is 12.3 Å². The average molecular weight is 901 g/mol. The van der Waals surface area contributed by atoms with Gasteiger partial charge in [-0.25, -0.2) is 8.78 Å². The average Bonchev–Trinajstić information content (AvgIpc) is 3.36. The molecule has 68 heavy (non-hydrogen) atoms. The minimum atomic E-state index is -3.34. The third-order valence-electron chi connectivity index (χ3n) is 11.4. The number of nitrogens with zero attached hydrogens (tertiary/aromatic N) is 3. The van der Waals surface area contributed by atoms with Crippen LogP contribution in [-0.4, -0.2) is 15.0 Å². The van der Waals surface area contributed by atoms with Crippen LogP contribution in [0.5, 0.6) is 0 Å². The quantitative estimate of drug-likeness (QED) is 0.116. The second-order valence-electron chi connectivity index (χ2n) is 15.9. The van der Waals surface area contributed by atoms with E-state index in [0.717, 1.165) is 77.1 Å². The largest absolute Gasteiger partial charge is 0.256 e. The summed E-state index contributed by atoms with van der Waals surface area (Å²) in [4.78, 5) is 13.5. The van der Waals surface area contributed by atoms with E-state index in [2.05, 4.69) is 9.97 Å². The van der Waals surface area contributed by atoms with Crippen molar-refractivity contribution in [2.45, 2.75) is 39.2 Å². The zero-order chi connectivity index (χ0) is 59.4.